The first-order valence-corrected chi connectivity index (χ1v) is 7.20. The number of hydrogen-bond donors (Lipinski definition) is 1. The Morgan fingerprint density at radius 1 is 1.00 bits per heavy atom. The van der Waals surface area contributed by atoms with Gasteiger partial charge in [-0.2, -0.15) is 4.40 Å². The molecule has 22 heavy (non-hydrogen) atoms. The van der Waals surface area contributed by atoms with E-state index < -0.39 is 0 Å². The molecule has 0 amide bonds. The Labute approximate surface area is 127 Å². The summed E-state index contributed by atoms with van der Waals surface area (Å²) in [6.45, 7) is 2.09. The van der Waals surface area contributed by atoms with Crippen molar-refractivity contribution < 1.29 is 13.9 Å². The molecule has 0 spiro atoms. The Hall–Kier alpha value is -2.75. The molecule has 4 nitrogen and oxygen atoms in total. The third-order valence-electron chi connectivity index (χ3n) is 4.18. The van der Waals surface area contributed by atoms with Crippen LogP contribution in [-0.4, -0.2) is 19.2 Å². The lowest BCUT2D eigenvalue weighted by atomic mass is 10.1. The second kappa shape index (κ2) is 4.63. The van der Waals surface area contributed by atoms with Crippen molar-refractivity contribution in [1.29, 1.82) is 0 Å². The highest BCUT2D eigenvalue weighted by Crippen LogP contribution is 2.37. The number of para-hydroxylation sites is 2. The average molecular weight is 293 g/mol. The van der Waals surface area contributed by atoms with Crippen molar-refractivity contribution in [3.63, 3.8) is 0 Å². The van der Waals surface area contributed by atoms with Crippen molar-refractivity contribution in [2.24, 2.45) is 0 Å². The molecule has 0 radical (unpaired) electrons. The van der Waals surface area contributed by atoms with Gasteiger partial charge in [-0.3, -0.25) is 0 Å². The quantitative estimate of drug-likeness (QED) is 0.575. The molecule has 1 N–H and O–H groups in total. The van der Waals surface area contributed by atoms with E-state index in [0.29, 0.717) is 0 Å². The van der Waals surface area contributed by atoms with Crippen LogP contribution in [0.3, 0.4) is 0 Å². The minimum absolute atomic E-state index is 0.757. The fourth-order valence-corrected chi connectivity index (χ4v) is 3.12. The first-order valence-electron chi connectivity index (χ1n) is 7.20. The van der Waals surface area contributed by atoms with Crippen LogP contribution < -0.4 is 13.9 Å². The summed E-state index contributed by atoms with van der Waals surface area (Å²) in [5.41, 5.74) is 4.47. The Morgan fingerprint density at radius 3 is 2.59 bits per heavy atom. The van der Waals surface area contributed by atoms with Gasteiger partial charge in [0.1, 0.15) is 6.20 Å². The Balaban J connectivity index is 2.21. The van der Waals surface area contributed by atoms with Gasteiger partial charge in [0.25, 0.3) is 5.65 Å². The lowest BCUT2D eigenvalue weighted by molar-refractivity contribution is -0.479. The number of nitrogens with one attached hydrogen (secondary N) is 1. The Morgan fingerprint density at radius 2 is 1.82 bits per heavy atom. The van der Waals surface area contributed by atoms with E-state index in [1.807, 2.05) is 18.2 Å². The number of H-pyrrole nitrogens is 1. The molecule has 0 fully saturated rings. The minimum atomic E-state index is 0.757. The first-order chi connectivity index (χ1) is 10.7. The molecule has 0 aliphatic heterocycles. The van der Waals surface area contributed by atoms with Gasteiger partial charge >= 0.3 is 0 Å². The lowest BCUT2D eigenvalue weighted by Crippen LogP contribution is -2.19. The monoisotopic (exact) mass is 293 g/mol. The summed E-state index contributed by atoms with van der Waals surface area (Å²) in [7, 11) is 3.34. The highest BCUT2D eigenvalue weighted by molar-refractivity contribution is 5.94. The molecule has 0 aliphatic carbocycles. The van der Waals surface area contributed by atoms with Crippen LogP contribution in [0.15, 0.2) is 42.6 Å². The molecule has 110 valence electrons. The smallest absolute Gasteiger partial charge is 0.285 e. The number of aryl methyl sites for hydroxylation is 1. The third-order valence-corrected chi connectivity index (χ3v) is 4.18. The first kappa shape index (κ1) is 13.0. The number of pyridine rings is 1. The molecule has 4 heteroatoms. The van der Waals surface area contributed by atoms with E-state index in [2.05, 4.69) is 40.7 Å². The number of rotatable bonds is 2. The zero-order valence-corrected chi connectivity index (χ0v) is 12.8. The predicted molar refractivity (Wildman–Crippen MR) is 86.8 cm³/mol. The zero-order chi connectivity index (χ0) is 15.3. The number of imidazole rings is 1. The van der Waals surface area contributed by atoms with Gasteiger partial charge in [-0.15, -0.1) is 0 Å². The fraction of sp³-hybridized carbons (Fsp3) is 0.167. The van der Waals surface area contributed by atoms with Crippen molar-refractivity contribution in [2.75, 3.05) is 14.2 Å². The van der Waals surface area contributed by atoms with Crippen LogP contribution in [0.1, 0.15) is 5.56 Å². The van der Waals surface area contributed by atoms with E-state index >= 15 is 0 Å². The molecular formula is C18H17N2O2+. The van der Waals surface area contributed by atoms with Gasteiger partial charge < -0.3 is 9.47 Å². The van der Waals surface area contributed by atoms with E-state index in [0.717, 1.165) is 44.5 Å². The standard InChI is InChI=1S/C18H16N2O2/c1-11-8-16(21-2)18(22-3)13-10-20-15-7-5-4-6-14(15)19-17(20)9-12(11)13/h4-10H,1-3H3/p+1. The molecule has 4 rings (SSSR count). The van der Waals surface area contributed by atoms with Gasteiger partial charge in [0.15, 0.2) is 22.5 Å². The maximum Gasteiger partial charge on any atom is 0.285 e. The van der Waals surface area contributed by atoms with E-state index in [1.165, 1.54) is 0 Å². The second-order valence-corrected chi connectivity index (χ2v) is 5.43. The molecule has 2 aromatic carbocycles. The summed E-state index contributed by atoms with van der Waals surface area (Å²) in [4.78, 5) is 3.45. The molecule has 0 atom stereocenters. The maximum atomic E-state index is 5.59. The summed E-state index contributed by atoms with van der Waals surface area (Å²) in [5.74, 6) is 1.52. The highest BCUT2D eigenvalue weighted by atomic mass is 16.5. The SMILES string of the molecule is COc1cc(C)c2cc3[nH]c4ccccc4[n+]3cc2c1OC. The van der Waals surface area contributed by atoms with E-state index in [9.17, 15) is 0 Å². The second-order valence-electron chi connectivity index (χ2n) is 5.43. The minimum Gasteiger partial charge on any atom is -0.493 e. The number of nitrogens with zero attached hydrogens (tertiary/aromatic N) is 1. The molecule has 0 aliphatic rings. The normalized spacial score (nSPS) is 11.4. The molecule has 0 saturated carbocycles. The summed E-state index contributed by atoms with van der Waals surface area (Å²) in [6.07, 6.45) is 2.11. The molecule has 0 saturated heterocycles. The number of aromatic nitrogens is 2. The van der Waals surface area contributed by atoms with Crippen LogP contribution in [0.25, 0.3) is 27.5 Å². The average Bonchev–Trinajstić information content (AvgIpc) is 2.91. The number of hydrogen-bond acceptors (Lipinski definition) is 2. The number of fused-ring (bicyclic) bond motifs is 4. The summed E-state index contributed by atoms with van der Waals surface area (Å²) >= 11 is 0. The van der Waals surface area contributed by atoms with Crippen molar-refractivity contribution in [2.45, 2.75) is 6.92 Å². The van der Waals surface area contributed by atoms with Gasteiger partial charge in [-0.05, 0) is 30.7 Å². The van der Waals surface area contributed by atoms with Crippen LogP contribution >= 0.6 is 0 Å². The number of aromatic amines is 1. The van der Waals surface area contributed by atoms with Gasteiger partial charge in [0.2, 0.25) is 0 Å². The van der Waals surface area contributed by atoms with Crippen molar-refractivity contribution in [1.82, 2.24) is 4.98 Å². The Kier molecular flexibility index (Phi) is 2.73. The van der Waals surface area contributed by atoms with Crippen LogP contribution in [0.2, 0.25) is 0 Å². The summed E-state index contributed by atoms with van der Waals surface area (Å²) in [6, 6.07) is 12.4. The van der Waals surface area contributed by atoms with Crippen molar-refractivity contribution in [3.05, 3.63) is 48.2 Å². The van der Waals surface area contributed by atoms with Gasteiger partial charge in [0.05, 0.1) is 19.6 Å². The number of benzene rings is 2. The van der Waals surface area contributed by atoms with Crippen molar-refractivity contribution in [3.8, 4) is 11.5 Å². The Bertz CT molecular complexity index is 1020. The highest BCUT2D eigenvalue weighted by Gasteiger charge is 2.18. The maximum absolute atomic E-state index is 5.59. The number of methoxy groups -OCH3 is 2. The van der Waals surface area contributed by atoms with E-state index in [-0.39, 0.29) is 0 Å². The van der Waals surface area contributed by atoms with Crippen LogP contribution in [0, 0.1) is 6.92 Å². The number of ether oxygens (including phenoxy) is 2. The summed E-state index contributed by atoms with van der Waals surface area (Å²) < 4.78 is 13.2. The van der Waals surface area contributed by atoms with E-state index in [1.54, 1.807) is 14.2 Å². The lowest BCUT2D eigenvalue weighted by Gasteiger charge is -2.12. The molecule has 2 heterocycles. The van der Waals surface area contributed by atoms with Gasteiger partial charge in [-0.1, -0.05) is 12.1 Å². The van der Waals surface area contributed by atoms with Gasteiger partial charge in [-0.25, -0.2) is 4.98 Å². The zero-order valence-electron chi connectivity index (χ0n) is 12.8. The summed E-state index contributed by atoms with van der Waals surface area (Å²) in [5, 5.41) is 2.20. The topological polar surface area (TPSA) is 38.3 Å². The van der Waals surface area contributed by atoms with Crippen LogP contribution in [0.5, 0.6) is 11.5 Å². The van der Waals surface area contributed by atoms with E-state index in [4.69, 9.17) is 9.47 Å². The van der Waals surface area contributed by atoms with Gasteiger partial charge in [0, 0.05) is 11.5 Å². The molecule has 4 aromatic rings. The van der Waals surface area contributed by atoms with Crippen LogP contribution in [0.4, 0.5) is 0 Å². The molecule has 0 unspecified atom stereocenters. The largest absolute Gasteiger partial charge is 0.493 e. The van der Waals surface area contributed by atoms with Crippen molar-refractivity contribution >= 4 is 27.5 Å². The predicted octanol–water partition coefficient (Wildman–Crippen LogP) is 3.39. The molecular weight excluding hydrogens is 276 g/mol. The third kappa shape index (κ3) is 1.67. The molecule has 0 bridgehead atoms. The van der Waals surface area contributed by atoms with Crippen LogP contribution in [-0.2, 0) is 0 Å². The fourth-order valence-electron chi connectivity index (χ4n) is 3.12. The molecule has 2 aromatic heterocycles.